The van der Waals surface area contributed by atoms with E-state index in [2.05, 4.69) is 39.5 Å². The van der Waals surface area contributed by atoms with E-state index in [1.54, 1.807) is 12.1 Å². The van der Waals surface area contributed by atoms with Gasteiger partial charge < -0.3 is 0 Å². The number of rotatable bonds is 4. The van der Waals surface area contributed by atoms with Crippen LogP contribution in [0.3, 0.4) is 0 Å². The summed E-state index contributed by atoms with van der Waals surface area (Å²) in [5.41, 5.74) is 1.38. The second-order valence-electron chi connectivity index (χ2n) is 4.33. The fraction of sp³-hybridized carbons (Fsp3) is 0.286. The number of aromatic nitrogens is 2. The quantitative estimate of drug-likeness (QED) is 0.505. The van der Waals surface area contributed by atoms with Crippen molar-refractivity contribution in [2.24, 2.45) is 0 Å². The van der Waals surface area contributed by atoms with E-state index in [4.69, 9.17) is 23.2 Å². The molecule has 0 fully saturated rings. The van der Waals surface area contributed by atoms with Gasteiger partial charge in [-0.3, -0.25) is 0 Å². The minimum atomic E-state index is -0.426. The summed E-state index contributed by atoms with van der Waals surface area (Å²) >= 11 is 14.0. The van der Waals surface area contributed by atoms with Crippen molar-refractivity contribution in [3.05, 3.63) is 54.8 Å². The van der Waals surface area contributed by atoms with Gasteiger partial charge in [-0.15, -0.1) is 0 Å². The fourth-order valence-electron chi connectivity index (χ4n) is 1.85. The van der Waals surface area contributed by atoms with Gasteiger partial charge in [-0.1, -0.05) is 48.7 Å². The van der Waals surface area contributed by atoms with Crippen LogP contribution in [-0.2, 0) is 12.8 Å². The first-order valence-corrected chi connectivity index (χ1v) is 8.00. The topological polar surface area (TPSA) is 25.8 Å². The Bertz CT molecular complexity index is 635. The van der Waals surface area contributed by atoms with Crippen LogP contribution in [0.5, 0.6) is 0 Å². The van der Waals surface area contributed by atoms with Crippen LogP contribution in [0.1, 0.15) is 30.4 Å². The van der Waals surface area contributed by atoms with Crippen molar-refractivity contribution in [3.63, 3.8) is 0 Å². The number of halogens is 4. The maximum absolute atomic E-state index is 13.9. The third-order valence-electron chi connectivity index (χ3n) is 2.79. The minimum Gasteiger partial charge on any atom is -0.236 e. The predicted octanol–water partition coefficient (Wildman–Crippen LogP) is 5.07. The van der Waals surface area contributed by atoms with E-state index in [9.17, 15) is 4.39 Å². The van der Waals surface area contributed by atoms with Crippen LogP contribution in [0, 0.1) is 9.39 Å². The van der Waals surface area contributed by atoms with Gasteiger partial charge in [0.05, 0.1) is 14.3 Å². The van der Waals surface area contributed by atoms with E-state index in [0.717, 1.165) is 22.1 Å². The lowest BCUT2D eigenvalue weighted by atomic mass is 10.1. The molecule has 20 heavy (non-hydrogen) atoms. The maximum Gasteiger partial charge on any atom is 0.146 e. The molecular formula is C14H12Cl2FIN2. The minimum absolute atomic E-state index is 0.105. The first kappa shape index (κ1) is 15.9. The molecule has 2 rings (SSSR count). The number of hydrogen-bond donors (Lipinski definition) is 0. The molecule has 1 heterocycles. The van der Waals surface area contributed by atoms with E-state index in [1.807, 2.05) is 0 Å². The first-order chi connectivity index (χ1) is 9.52. The van der Waals surface area contributed by atoms with Crippen molar-refractivity contribution in [2.45, 2.75) is 26.2 Å². The molecule has 2 nitrogen and oxygen atoms in total. The molecule has 0 amide bonds. The molecule has 0 atom stereocenters. The zero-order chi connectivity index (χ0) is 14.7. The number of aryl methyl sites for hydroxylation is 1. The summed E-state index contributed by atoms with van der Waals surface area (Å²) in [7, 11) is 0. The molecule has 0 bridgehead atoms. The molecule has 0 spiro atoms. The molecule has 0 aliphatic carbocycles. The Morgan fingerprint density at radius 3 is 2.70 bits per heavy atom. The normalized spacial score (nSPS) is 10.8. The first-order valence-electron chi connectivity index (χ1n) is 6.16. The molecule has 1 aromatic carbocycles. The molecule has 0 unspecified atom stereocenters. The van der Waals surface area contributed by atoms with Crippen molar-refractivity contribution in [3.8, 4) is 0 Å². The third kappa shape index (κ3) is 3.59. The molecule has 0 radical (unpaired) electrons. The average Bonchev–Trinajstić information content (AvgIpc) is 2.41. The summed E-state index contributed by atoms with van der Waals surface area (Å²) < 4.78 is 14.8. The van der Waals surface area contributed by atoms with Gasteiger partial charge in [0.2, 0.25) is 0 Å². The largest absolute Gasteiger partial charge is 0.236 e. The second kappa shape index (κ2) is 7.00. The van der Waals surface area contributed by atoms with Gasteiger partial charge in [0, 0.05) is 6.42 Å². The van der Waals surface area contributed by atoms with Crippen LogP contribution in [0.25, 0.3) is 0 Å². The summed E-state index contributed by atoms with van der Waals surface area (Å²) in [6, 6.07) is 4.91. The highest BCUT2D eigenvalue weighted by Crippen LogP contribution is 2.23. The molecule has 0 aliphatic rings. The monoisotopic (exact) mass is 424 g/mol. The molecule has 2 aromatic rings. The second-order valence-corrected chi connectivity index (χ2v) is 6.18. The Morgan fingerprint density at radius 2 is 2.00 bits per heavy atom. The van der Waals surface area contributed by atoms with Gasteiger partial charge in [0.25, 0.3) is 0 Å². The molecule has 0 aliphatic heterocycles. The van der Waals surface area contributed by atoms with Crippen LogP contribution >= 0.6 is 45.8 Å². The molecule has 6 heteroatoms. The molecule has 0 saturated carbocycles. The summed E-state index contributed by atoms with van der Waals surface area (Å²) in [5, 5.41) is 0.523. The van der Waals surface area contributed by atoms with E-state index in [1.165, 1.54) is 6.07 Å². The average molecular weight is 425 g/mol. The van der Waals surface area contributed by atoms with Gasteiger partial charge in [0.15, 0.2) is 0 Å². The van der Waals surface area contributed by atoms with Crippen molar-refractivity contribution in [1.82, 2.24) is 9.97 Å². The predicted molar refractivity (Wildman–Crippen MR) is 88.0 cm³/mol. The van der Waals surface area contributed by atoms with Gasteiger partial charge in [0.1, 0.15) is 16.8 Å². The highest BCUT2D eigenvalue weighted by atomic mass is 127. The van der Waals surface area contributed by atoms with E-state index >= 15 is 0 Å². The lowest BCUT2D eigenvalue weighted by Crippen LogP contribution is -2.05. The van der Waals surface area contributed by atoms with Crippen LogP contribution < -0.4 is 0 Å². The van der Waals surface area contributed by atoms with Gasteiger partial charge in [-0.05, 0) is 40.6 Å². The van der Waals surface area contributed by atoms with Gasteiger partial charge in [-0.25, -0.2) is 14.4 Å². The Kier molecular flexibility index (Phi) is 5.57. The van der Waals surface area contributed by atoms with E-state index < -0.39 is 5.82 Å². The van der Waals surface area contributed by atoms with E-state index in [0.29, 0.717) is 16.5 Å². The third-order valence-corrected chi connectivity index (χ3v) is 4.81. The maximum atomic E-state index is 13.9. The summed E-state index contributed by atoms with van der Waals surface area (Å²) in [6.07, 6.45) is 2.07. The number of nitrogens with zero attached hydrogens (tertiary/aromatic N) is 2. The van der Waals surface area contributed by atoms with Crippen molar-refractivity contribution in [2.75, 3.05) is 0 Å². The number of hydrogen-bond acceptors (Lipinski definition) is 2. The Morgan fingerprint density at radius 1 is 1.25 bits per heavy atom. The highest BCUT2D eigenvalue weighted by Gasteiger charge is 2.13. The summed E-state index contributed by atoms with van der Waals surface area (Å²) in [5.74, 6) is 0.0875. The lowest BCUT2D eigenvalue weighted by Gasteiger charge is -2.08. The highest BCUT2D eigenvalue weighted by molar-refractivity contribution is 14.1. The SMILES string of the molecule is CCCc1nc(Cc2cccc(Cl)c2F)nc(Cl)c1I. The van der Waals surface area contributed by atoms with Crippen molar-refractivity contribution >= 4 is 45.8 Å². The van der Waals surface area contributed by atoms with E-state index in [-0.39, 0.29) is 11.4 Å². The molecule has 1 aromatic heterocycles. The Hall–Kier alpha value is -0.460. The number of benzene rings is 1. The molecule has 0 saturated heterocycles. The zero-order valence-electron chi connectivity index (χ0n) is 10.8. The lowest BCUT2D eigenvalue weighted by molar-refractivity contribution is 0.612. The fourth-order valence-corrected chi connectivity index (χ4v) is 2.76. The van der Waals surface area contributed by atoms with Crippen molar-refractivity contribution < 1.29 is 4.39 Å². The zero-order valence-corrected chi connectivity index (χ0v) is 14.4. The standard InChI is InChI=1S/C14H12Cl2FIN2/c1-2-4-10-13(18)14(16)20-11(19-10)7-8-5-3-6-9(15)12(8)17/h3,5-6H,2,4,7H2,1H3. The van der Waals surface area contributed by atoms with Gasteiger partial charge in [-0.2, -0.15) is 0 Å². The smallest absolute Gasteiger partial charge is 0.146 e. The van der Waals surface area contributed by atoms with Crippen LogP contribution in [0.4, 0.5) is 4.39 Å². The molecule has 106 valence electrons. The van der Waals surface area contributed by atoms with Gasteiger partial charge >= 0.3 is 0 Å². The Balaban J connectivity index is 2.36. The van der Waals surface area contributed by atoms with Crippen LogP contribution in [-0.4, -0.2) is 9.97 Å². The van der Waals surface area contributed by atoms with Crippen LogP contribution in [0.15, 0.2) is 18.2 Å². The van der Waals surface area contributed by atoms with Crippen molar-refractivity contribution in [1.29, 1.82) is 0 Å². The summed E-state index contributed by atoms with van der Waals surface area (Å²) in [6.45, 7) is 2.07. The molecular weight excluding hydrogens is 413 g/mol. The summed E-state index contributed by atoms with van der Waals surface area (Å²) in [4.78, 5) is 8.69. The Labute approximate surface area is 140 Å². The van der Waals surface area contributed by atoms with Crippen LogP contribution in [0.2, 0.25) is 10.2 Å². The molecule has 0 N–H and O–H groups in total.